The predicted molar refractivity (Wildman–Crippen MR) is 96.6 cm³/mol. The number of carbonyl (C=O) groups excluding carboxylic acids is 1. The van der Waals surface area contributed by atoms with Gasteiger partial charge in [0.2, 0.25) is 5.91 Å². The fraction of sp³-hybridized carbons (Fsp3) is 0.600. The highest BCUT2D eigenvalue weighted by Crippen LogP contribution is 2.29. The van der Waals surface area contributed by atoms with Crippen molar-refractivity contribution in [1.29, 1.82) is 0 Å². The quantitative estimate of drug-likeness (QED) is 0.757. The number of ether oxygens (including phenoxy) is 1. The Morgan fingerprint density at radius 3 is 2.52 bits per heavy atom. The molecule has 2 atom stereocenters. The molecule has 2 rings (SSSR count). The standard InChI is InChI=1S/C20H29NO4/c1-14(2)13-25-18-8-6-15(7-9-18)10-11-21-19(22)16-4-3-5-17(12-16)20(23)24/h6-9,14,16-17H,3-5,10-13H2,1-2H3,(H,21,22)(H,23,24). The van der Waals surface area contributed by atoms with E-state index in [9.17, 15) is 9.59 Å². The summed E-state index contributed by atoms with van der Waals surface area (Å²) in [6.07, 6.45) is 3.50. The number of carboxylic acids is 1. The highest BCUT2D eigenvalue weighted by Gasteiger charge is 2.30. The predicted octanol–water partition coefficient (Wildman–Crippen LogP) is 3.27. The first-order valence-electron chi connectivity index (χ1n) is 9.18. The summed E-state index contributed by atoms with van der Waals surface area (Å²) in [6.45, 7) is 5.50. The Hall–Kier alpha value is -2.04. The van der Waals surface area contributed by atoms with Gasteiger partial charge < -0.3 is 15.2 Å². The van der Waals surface area contributed by atoms with E-state index in [2.05, 4.69) is 19.2 Å². The van der Waals surface area contributed by atoms with Crippen molar-refractivity contribution in [2.24, 2.45) is 17.8 Å². The van der Waals surface area contributed by atoms with Crippen molar-refractivity contribution >= 4 is 11.9 Å². The number of nitrogens with one attached hydrogen (secondary N) is 1. The van der Waals surface area contributed by atoms with Crippen molar-refractivity contribution in [3.05, 3.63) is 29.8 Å². The maximum absolute atomic E-state index is 12.2. The molecule has 1 fully saturated rings. The van der Waals surface area contributed by atoms with Crippen LogP contribution in [0.15, 0.2) is 24.3 Å². The van der Waals surface area contributed by atoms with Crippen molar-refractivity contribution in [2.45, 2.75) is 46.0 Å². The summed E-state index contributed by atoms with van der Waals surface area (Å²) >= 11 is 0. The van der Waals surface area contributed by atoms with Gasteiger partial charge in [-0.3, -0.25) is 9.59 Å². The van der Waals surface area contributed by atoms with Gasteiger partial charge in [-0.25, -0.2) is 0 Å². The van der Waals surface area contributed by atoms with Crippen molar-refractivity contribution in [1.82, 2.24) is 5.32 Å². The third-order valence-electron chi connectivity index (χ3n) is 4.61. The molecular formula is C20H29NO4. The van der Waals surface area contributed by atoms with Crippen LogP contribution >= 0.6 is 0 Å². The van der Waals surface area contributed by atoms with Crippen LogP contribution in [0.2, 0.25) is 0 Å². The zero-order valence-corrected chi connectivity index (χ0v) is 15.2. The molecule has 5 nitrogen and oxygen atoms in total. The molecule has 5 heteroatoms. The molecule has 0 bridgehead atoms. The summed E-state index contributed by atoms with van der Waals surface area (Å²) < 4.78 is 5.66. The number of carbonyl (C=O) groups is 2. The average molecular weight is 347 g/mol. The van der Waals surface area contributed by atoms with E-state index in [4.69, 9.17) is 9.84 Å². The first-order chi connectivity index (χ1) is 12.0. The van der Waals surface area contributed by atoms with Crippen LogP contribution in [0, 0.1) is 17.8 Å². The Labute approximate surface area is 149 Å². The lowest BCUT2D eigenvalue weighted by Gasteiger charge is -2.25. The Bertz CT molecular complexity index is 568. The molecule has 1 amide bonds. The normalized spacial score (nSPS) is 20.3. The topological polar surface area (TPSA) is 75.6 Å². The van der Waals surface area contributed by atoms with Crippen LogP contribution in [0.4, 0.5) is 0 Å². The molecule has 0 heterocycles. The van der Waals surface area contributed by atoms with E-state index in [0.29, 0.717) is 31.9 Å². The van der Waals surface area contributed by atoms with Crippen LogP contribution in [0.25, 0.3) is 0 Å². The summed E-state index contributed by atoms with van der Waals surface area (Å²) in [5.41, 5.74) is 1.14. The summed E-state index contributed by atoms with van der Waals surface area (Å²) in [5, 5.41) is 12.1. The SMILES string of the molecule is CC(C)COc1ccc(CCNC(=O)C2CCCC(C(=O)O)C2)cc1. The van der Waals surface area contributed by atoms with E-state index < -0.39 is 5.97 Å². The highest BCUT2D eigenvalue weighted by molar-refractivity contribution is 5.80. The Kier molecular flexibility index (Phi) is 7.29. The second kappa shape index (κ2) is 9.44. The molecule has 1 aliphatic carbocycles. The second-order valence-electron chi connectivity index (χ2n) is 7.29. The maximum atomic E-state index is 12.2. The van der Waals surface area contributed by atoms with Gasteiger partial charge in [0.05, 0.1) is 12.5 Å². The minimum absolute atomic E-state index is 0.0113. The molecule has 0 aliphatic heterocycles. The maximum Gasteiger partial charge on any atom is 0.306 e. The number of aliphatic carboxylic acids is 1. The second-order valence-corrected chi connectivity index (χ2v) is 7.29. The van der Waals surface area contributed by atoms with Gasteiger partial charge in [-0.15, -0.1) is 0 Å². The fourth-order valence-electron chi connectivity index (χ4n) is 3.14. The molecule has 2 N–H and O–H groups in total. The van der Waals surface area contributed by atoms with Crippen molar-refractivity contribution in [3.8, 4) is 5.75 Å². The van der Waals surface area contributed by atoms with Crippen LogP contribution in [-0.2, 0) is 16.0 Å². The van der Waals surface area contributed by atoms with Crippen LogP contribution < -0.4 is 10.1 Å². The number of hydrogen-bond donors (Lipinski definition) is 2. The van der Waals surface area contributed by atoms with Crippen LogP contribution in [0.3, 0.4) is 0 Å². The number of amides is 1. The lowest BCUT2D eigenvalue weighted by molar-refractivity contribution is -0.144. The van der Waals surface area contributed by atoms with E-state index in [0.717, 1.165) is 30.6 Å². The number of hydrogen-bond acceptors (Lipinski definition) is 3. The van der Waals surface area contributed by atoms with Gasteiger partial charge in [0.25, 0.3) is 0 Å². The van der Waals surface area contributed by atoms with E-state index in [-0.39, 0.29) is 17.7 Å². The first-order valence-corrected chi connectivity index (χ1v) is 9.18. The largest absolute Gasteiger partial charge is 0.493 e. The molecule has 138 valence electrons. The van der Waals surface area contributed by atoms with Gasteiger partial charge in [-0.05, 0) is 49.3 Å². The molecule has 2 unspecified atom stereocenters. The van der Waals surface area contributed by atoms with Gasteiger partial charge in [-0.1, -0.05) is 32.4 Å². The molecule has 25 heavy (non-hydrogen) atoms. The third kappa shape index (κ3) is 6.40. The van der Waals surface area contributed by atoms with E-state index in [1.165, 1.54) is 0 Å². The average Bonchev–Trinajstić information content (AvgIpc) is 2.61. The zero-order valence-electron chi connectivity index (χ0n) is 15.2. The van der Waals surface area contributed by atoms with Crippen molar-refractivity contribution in [3.63, 3.8) is 0 Å². The molecular weight excluding hydrogens is 318 g/mol. The smallest absolute Gasteiger partial charge is 0.306 e. The van der Waals surface area contributed by atoms with Gasteiger partial charge in [-0.2, -0.15) is 0 Å². The lowest BCUT2D eigenvalue weighted by atomic mass is 9.81. The Morgan fingerprint density at radius 2 is 1.88 bits per heavy atom. The molecule has 1 aromatic carbocycles. The zero-order chi connectivity index (χ0) is 18.2. The molecule has 1 aliphatic rings. The summed E-state index contributed by atoms with van der Waals surface area (Å²) in [5.74, 6) is 0.0310. The van der Waals surface area contributed by atoms with Crippen molar-refractivity contribution in [2.75, 3.05) is 13.2 Å². The fourth-order valence-corrected chi connectivity index (χ4v) is 3.14. The summed E-state index contributed by atoms with van der Waals surface area (Å²) in [7, 11) is 0. The van der Waals surface area contributed by atoms with Crippen LogP contribution in [0.1, 0.15) is 45.1 Å². The third-order valence-corrected chi connectivity index (χ3v) is 4.61. The summed E-state index contributed by atoms with van der Waals surface area (Å²) in [6, 6.07) is 7.95. The van der Waals surface area contributed by atoms with Gasteiger partial charge >= 0.3 is 5.97 Å². The van der Waals surface area contributed by atoms with E-state index in [1.54, 1.807) is 0 Å². The van der Waals surface area contributed by atoms with Crippen LogP contribution in [0.5, 0.6) is 5.75 Å². The van der Waals surface area contributed by atoms with Crippen molar-refractivity contribution < 1.29 is 19.4 Å². The number of benzene rings is 1. The summed E-state index contributed by atoms with van der Waals surface area (Å²) in [4.78, 5) is 23.3. The van der Waals surface area contributed by atoms with Crippen LogP contribution in [-0.4, -0.2) is 30.1 Å². The Morgan fingerprint density at radius 1 is 1.20 bits per heavy atom. The van der Waals surface area contributed by atoms with Gasteiger partial charge in [0.1, 0.15) is 5.75 Å². The number of carboxylic acid groups (broad SMARTS) is 1. The molecule has 0 spiro atoms. The minimum atomic E-state index is -0.780. The molecule has 0 radical (unpaired) electrons. The first kappa shape index (κ1) is 19.3. The van der Waals surface area contributed by atoms with Gasteiger partial charge in [0.15, 0.2) is 0 Å². The Balaban J connectivity index is 1.72. The lowest BCUT2D eigenvalue weighted by Crippen LogP contribution is -2.36. The monoisotopic (exact) mass is 347 g/mol. The molecule has 1 aromatic rings. The molecule has 1 saturated carbocycles. The van der Waals surface area contributed by atoms with Gasteiger partial charge in [0, 0.05) is 12.5 Å². The molecule has 0 aromatic heterocycles. The molecule has 0 saturated heterocycles. The highest BCUT2D eigenvalue weighted by atomic mass is 16.5. The van der Waals surface area contributed by atoms with E-state index >= 15 is 0 Å². The van der Waals surface area contributed by atoms with E-state index in [1.807, 2.05) is 24.3 Å². The minimum Gasteiger partial charge on any atom is -0.493 e. The number of rotatable bonds is 8.